The molecule has 0 bridgehead atoms. The van der Waals surface area contributed by atoms with E-state index in [9.17, 15) is 0 Å². The maximum atomic E-state index is 8.89. The summed E-state index contributed by atoms with van der Waals surface area (Å²) in [4.78, 5) is 0. The Hall–Kier alpha value is -2.58. The van der Waals surface area contributed by atoms with Gasteiger partial charge in [0, 0.05) is 12.8 Å². The summed E-state index contributed by atoms with van der Waals surface area (Å²) in [7, 11) is 0. The van der Waals surface area contributed by atoms with Crippen molar-refractivity contribution in [3.8, 4) is 12.1 Å². The van der Waals surface area contributed by atoms with Gasteiger partial charge in [-0.15, -0.1) is 0 Å². The van der Waals surface area contributed by atoms with Crippen LogP contribution in [0, 0.1) is 22.7 Å². The molecule has 122 valence electrons. The fourth-order valence-electron chi connectivity index (χ4n) is 3.40. The fourth-order valence-corrected chi connectivity index (χ4v) is 3.40. The maximum absolute atomic E-state index is 8.89. The van der Waals surface area contributed by atoms with Gasteiger partial charge in [-0.05, 0) is 48.6 Å². The van der Waals surface area contributed by atoms with Crippen LogP contribution in [0.25, 0.3) is 0 Å². The molecule has 0 aromatic heterocycles. The van der Waals surface area contributed by atoms with Crippen LogP contribution >= 0.6 is 0 Å². The van der Waals surface area contributed by atoms with E-state index in [1.807, 2.05) is 12.1 Å². The lowest BCUT2D eigenvalue weighted by Crippen LogP contribution is -2.12. The Labute approximate surface area is 145 Å². The highest BCUT2D eigenvalue weighted by molar-refractivity contribution is 5.28. The van der Waals surface area contributed by atoms with Gasteiger partial charge in [-0.2, -0.15) is 10.5 Å². The van der Waals surface area contributed by atoms with Crippen LogP contribution in [0.4, 0.5) is 0 Å². The normalized spacial score (nSPS) is 12.8. The van der Waals surface area contributed by atoms with E-state index in [0.717, 1.165) is 25.7 Å². The van der Waals surface area contributed by atoms with Gasteiger partial charge >= 0.3 is 0 Å². The third kappa shape index (κ3) is 5.25. The van der Waals surface area contributed by atoms with Crippen molar-refractivity contribution in [2.75, 3.05) is 0 Å². The van der Waals surface area contributed by atoms with Gasteiger partial charge in [0.25, 0.3) is 0 Å². The van der Waals surface area contributed by atoms with Crippen molar-refractivity contribution < 1.29 is 0 Å². The molecule has 2 unspecified atom stereocenters. The van der Waals surface area contributed by atoms with Crippen LogP contribution < -0.4 is 0 Å². The van der Waals surface area contributed by atoms with Crippen molar-refractivity contribution in [3.05, 3.63) is 71.8 Å². The van der Waals surface area contributed by atoms with E-state index < -0.39 is 0 Å². The Kier molecular flexibility index (Phi) is 7.58. The first-order chi connectivity index (χ1) is 11.9. The number of rotatable bonds is 9. The largest absolute Gasteiger partial charge is 0.198 e. The zero-order valence-electron chi connectivity index (χ0n) is 14.1. The number of unbranched alkanes of at least 4 members (excludes halogenated alkanes) is 2. The summed E-state index contributed by atoms with van der Waals surface area (Å²) in [6.45, 7) is 0. The minimum Gasteiger partial charge on any atom is -0.198 e. The van der Waals surface area contributed by atoms with E-state index in [2.05, 4.69) is 60.7 Å². The Morgan fingerprint density at radius 2 is 1.00 bits per heavy atom. The SMILES string of the molecule is N#CCCCC(c1ccccc1)C(CCCC#N)c1ccccc1. The molecule has 0 saturated heterocycles. The predicted octanol–water partition coefficient (Wildman–Crippen LogP) is 5.94. The summed E-state index contributed by atoms with van der Waals surface area (Å²) in [5, 5.41) is 17.8. The highest BCUT2D eigenvalue weighted by atomic mass is 14.3. The van der Waals surface area contributed by atoms with E-state index in [1.165, 1.54) is 11.1 Å². The van der Waals surface area contributed by atoms with Crippen LogP contribution in [0.2, 0.25) is 0 Å². The lowest BCUT2D eigenvalue weighted by molar-refractivity contribution is 0.458. The van der Waals surface area contributed by atoms with Crippen LogP contribution in [0.3, 0.4) is 0 Å². The van der Waals surface area contributed by atoms with E-state index in [4.69, 9.17) is 10.5 Å². The van der Waals surface area contributed by atoms with Gasteiger partial charge in [0.1, 0.15) is 0 Å². The van der Waals surface area contributed by atoms with Crippen LogP contribution in [0.5, 0.6) is 0 Å². The zero-order valence-corrected chi connectivity index (χ0v) is 14.1. The fraction of sp³-hybridized carbons (Fsp3) is 0.364. The van der Waals surface area contributed by atoms with Gasteiger partial charge in [0.05, 0.1) is 12.1 Å². The predicted molar refractivity (Wildman–Crippen MR) is 97.3 cm³/mol. The minimum atomic E-state index is 0.389. The molecule has 0 amide bonds. The molecule has 2 atom stereocenters. The van der Waals surface area contributed by atoms with Crippen LogP contribution in [-0.4, -0.2) is 0 Å². The first-order valence-electron chi connectivity index (χ1n) is 8.70. The first-order valence-corrected chi connectivity index (χ1v) is 8.70. The van der Waals surface area contributed by atoms with Crippen molar-refractivity contribution in [1.29, 1.82) is 10.5 Å². The summed E-state index contributed by atoms with van der Waals surface area (Å²) in [5.41, 5.74) is 2.67. The number of benzene rings is 2. The molecule has 0 aliphatic heterocycles. The summed E-state index contributed by atoms with van der Waals surface area (Å²) >= 11 is 0. The number of hydrogen-bond donors (Lipinski definition) is 0. The zero-order chi connectivity index (χ0) is 17.0. The van der Waals surface area contributed by atoms with Gasteiger partial charge in [-0.3, -0.25) is 0 Å². The molecule has 0 radical (unpaired) electrons. The van der Waals surface area contributed by atoms with E-state index in [1.54, 1.807) is 0 Å². The molecule has 2 aromatic rings. The van der Waals surface area contributed by atoms with Crippen LogP contribution in [-0.2, 0) is 0 Å². The third-order valence-corrected chi connectivity index (χ3v) is 4.55. The van der Waals surface area contributed by atoms with E-state index in [-0.39, 0.29) is 0 Å². The lowest BCUT2D eigenvalue weighted by atomic mass is 9.76. The highest BCUT2D eigenvalue weighted by Crippen LogP contribution is 2.40. The summed E-state index contributed by atoms with van der Waals surface area (Å²) in [5.74, 6) is 0.779. The average Bonchev–Trinajstić information content (AvgIpc) is 2.65. The topological polar surface area (TPSA) is 47.6 Å². The highest BCUT2D eigenvalue weighted by Gasteiger charge is 2.24. The molecule has 2 aromatic carbocycles. The molecule has 2 heteroatoms. The standard InChI is InChI=1S/C22H24N2/c23-17-9-7-15-21(19-11-3-1-4-12-19)22(16-8-10-18-24)20-13-5-2-6-14-20/h1-6,11-14,21-22H,7-10,15-16H2. The molecule has 0 heterocycles. The van der Waals surface area contributed by atoms with Gasteiger partial charge in [0.2, 0.25) is 0 Å². The molecular formula is C22H24N2. The molecule has 0 aliphatic rings. The molecule has 2 nitrogen and oxygen atoms in total. The molecule has 0 N–H and O–H groups in total. The van der Waals surface area contributed by atoms with Gasteiger partial charge < -0.3 is 0 Å². The van der Waals surface area contributed by atoms with Crippen LogP contribution in [0.1, 0.15) is 61.5 Å². The van der Waals surface area contributed by atoms with Crippen molar-refractivity contribution in [1.82, 2.24) is 0 Å². The summed E-state index contributed by atoms with van der Waals surface area (Å²) in [6, 6.07) is 25.7. The Morgan fingerprint density at radius 1 is 0.625 bits per heavy atom. The third-order valence-electron chi connectivity index (χ3n) is 4.55. The smallest absolute Gasteiger partial charge is 0.0621 e. The molecule has 0 spiro atoms. The second kappa shape index (κ2) is 10.2. The second-order valence-electron chi connectivity index (χ2n) is 6.14. The first kappa shape index (κ1) is 17.8. The van der Waals surface area contributed by atoms with E-state index in [0.29, 0.717) is 24.7 Å². The molecule has 2 rings (SSSR count). The summed E-state index contributed by atoms with van der Waals surface area (Å²) in [6.07, 6.45) is 5.04. The molecule has 0 saturated carbocycles. The summed E-state index contributed by atoms with van der Waals surface area (Å²) < 4.78 is 0. The van der Waals surface area contributed by atoms with Crippen molar-refractivity contribution in [3.63, 3.8) is 0 Å². The monoisotopic (exact) mass is 316 g/mol. The molecule has 24 heavy (non-hydrogen) atoms. The Balaban J connectivity index is 2.28. The second-order valence-corrected chi connectivity index (χ2v) is 6.14. The van der Waals surface area contributed by atoms with Gasteiger partial charge in [0.15, 0.2) is 0 Å². The van der Waals surface area contributed by atoms with Gasteiger partial charge in [-0.1, -0.05) is 60.7 Å². The Bertz CT molecular complexity index is 603. The van der Waals surface area contributed by atoms with Crippen LogP contribution in [0.15, 0.2) is 60.7 Å². The maximum Gasteiger partial charge on any atom is 0.0621 e. The number of nitriles is 2. The molecule has 0 fully saturated rings. The number of hydrogen-bond acceptors (Lipinski definition) is 2. The van der Waals surface area contributed by atoms with Gasteiger partial charge in [-0.25, -0.2) is 0 Å². The quantitative estimate of drug-likeness (QED) is 0.537. The van der Waals surface area contributed by atoms with Crippen molar-refractivity contribution in [2.24, 2.45) is 0 Å². The Morgan fingerprint density at radius 3 is 1.33 bits per heavy atom. The molecular weight excluding hydrogens is 292 g/mol. The number of nitrogens with zero attached hydrogens (tertiary/aromatic N) is 2. The molecule has 0 aliphatic carbocycles. The van der Waals surface area contributed by atoms with Crippen molar-refractivity contribution >= 4 is 0 Å². The van der Waals surface area contributed by atoms with E-state index >= 15 is 0 Å². The minimum absolute atomic E-state index is 0.389. The lowest BCUT2D eigenvalue weighted by Gasteiger charge is -2.28. The average molecular weight is 316 g/mol. The van der Waals surface area contributed by atoms with Crippen molar-refractivity contribution in [2.45, 2.75) is 50.4 Å².